The van der Waals surface area contributed by atoms with Gasteiger partial charge in [-0.2, -0.15) is 0 Å². The Morgan fingerprint density at radius 1 is 1.19 bits per heavy atom. The van der Waals surface area contributed by atoms with Gasteiger partial charge in [0.2, 0.25) is 10.0 Å². The largest absolute Gasteiger partial charge is 0.495 e. The van der Waals surface area contributed by atoms with Crippen LogP contribution in [0.5, 0.6) is 5.75 Å². The van der Waals surface area contributed by atoms with Crippen molar-refractivity contribution in [3.8, 4) is 5.75 Å². The van der Waals surface area contributed by atoms with Crippen molar-refractivity contribution in [2.45, 2.75) is 12.8 Å². The first-order chi connectivity index (χ1) is 12.4. The van der Waals surface area contributed by atoms with Crippen LogP contribution in [0.2, 0.25) is 5.02 Å². The Morgan fingerprint density at radius 2 is 1.96 bits per heavy atom. The zero-order valence-electron chi connectivity index (χ0n) is 14.2. The maximum atomic E-state index is 12.4. The number of ether oxygens (including phenoxy) is 1. The molecule has 1 heterocycles. The number of halogens is 1. The van der Waals surface area contributed by atoms with Crippen LogP contribution in [-0.2, 0) is 10.0 Å². The minimum absolute atomic E-state index is 0.104. The van der Waals surface area contributed by atoms with Crippen LogP contribution in [0.25, 0.3) is 0 Å². The Bertz CT molecular complexity index is 931. The van der Waals surface area contributed by atoms with Crippen molar-refractivity contribution in [1.82, 2.24) is 0 Å². The fourth-order valence-electron chi connectivity index (χ4n) is 2.87. The van der Waals surface area contributed by atoms with E-state index in [2.05, 4.69) is 5.32 Å². The fourth-order valence-corrected chi connectivity index (χ4v) is 4.73. The summed E-state index contributed by atoms with van der Waals surface area (Å²) in [6.07, 6.45) is 1.42. The van der Waals surface area contributed by atoms with Gasteiger partial charge in [0.1, 0.15) is 5.75 Å². The van der Waals surface area contributed by atoms with Gasteiger partial charge in [-0.1, -0.05) is 23.7 Å². The normalized spacial score (nSPS) is 16.2. The molecule has 3 rings (SSSR count). The minimum Gasteiger partial charge on any atom is -0.495 e. The molecule has 8 heteroatoms. The van der Waals surface area contributed by atoms with Crippen molar-refractivity contribution in [2.24, 2.45) is 0 Å². The van der Waals surface area contributed by atoms with E-state index in [1.807, 2.05) is 0 Å². The van der Waals surface area contributed by atoms with Crippen molar-refractivity contribution >= 4 is 38.9 Å². The number of benzene rings is 2. The second-order valence-corrected chi connectivity index (χ2v) is 8.34. The smallest absolute Gasteiger partial charge is 0.257 e. The first-order valence-electron chi connectivity index (χ1n) is 8.17. The second-order valence-electron chi connectivity index (χ2n) is 5.92. The van der Waals surface area contributed by atoms with Crippen molar-refractivity contribution in [3.05, 3.63) is 53.1 Å². The monoisotopic (exact) mass is 394 g/mol. The van der Waals surface area contributed by atoms with Gasteiger partial charge in [-0.25, -0.2) is 8.42 Å². The second kappa shape index (κ2) is 7.55. The van der Waals surface area contributed by atoms with Gasteiger partial charge in [0.25, 0.3) is 5.91 Å². The van der Waals surface area contributed by atoms with Crippen LogP contribution in [0.15, 0.2) is 42.5 Å². The van der Waals surface area contributed by atoms with E-state index < -0.39 is 10.0 Å². The number of hydrogen-bond acceptors (Lipinski definition) is 4. The van der Waals surface area contributed by atoms with Crippen LogP contribution < -0.4 is 14.4 Å². The lowest BCUT2D eigenvalue weighted by molar-refractivity contribution is 0.102. The summed E-state index contributed by atoms with van der Waals surface area (Å²) in [4.78, 5) is 12.4. The molecule has 0 bridgehead atoms. The maximum Gasteiger partial charge on any atom is 0.257 e. The van der Waals surface area contributed by atoms with E-state index in [0.717, 1.165) is 6.42 Å². The van der Waals surface area contributed by atoms with Crippen LogP contribution in [-0.4, -0.2) is 33.7 Å². The quantitative estimate of drug-likeness (QED) is 0.860. The number of amides is 1. The fraction of sp³-hybridized carbons (Fsp3) is 0.278. The van der Waals surface area contributed by atoms with Gasteiger partial charge in [-0.3, -0.25) is 9.10 Å². The van der Waals surface area contributed by atoms with Gasteiger partial charge in [0, 0.05) is 12.2 Å². The van der Waals surface area contributed by atoms with Crippen molar-refractivity contribution in [1.29, 1.82) is 0 Å². The molecular weight excluding hydrogens is 376 g/mol. The number of methoxy groups -OCH3 is 1. The molecule has 2 aromatic rings. The molecule has 1 N–H and O–H groups in total. The van der Waals surface area contributed by atoms with E-state index in [0.29, 0.717) is 40.7 Å². The van der Waals surface area contributed by atoms with E-state index in [1.165, 1.54) is 11.4 Å². The first kappa shape index (κ1) is 18.5. The first-order valence-corrected chi connectivity index (χ1v) is 10.2. The topological polar surface area (TPSA) is 75.7 Å². The molecule has 6 nitrogen and oxygen atoms in total. The molecule has 26 heavy (non-hydrogen) atoms. The molecule has 0 unspecified atom stereocenters. The lowest BCUT2D eigenvalue weighted by Gasteiger charge is -2.29. The third kappa shape index (κ3) is 3.78. The third-order valence-corrected chi connectivity index (χ3v) is 6.36. The van der Waals surface area contributed by atoms with Crippen LogP contribution in [0.4, 0.5) is 11.4 Å². The number of nitrogens with zero attached hydrogens (tertiary/aromatic N) is 1. The number of carbonyl (C=O) groups is 1. The number of sulfonamides is 1. The molecule has 138 valence electrons. The van der Waals surface area contributed by atoms with Gasteiger partial charge in [0.05, 0.1) is 29.1 Å². The van der Waals surface area contributed by atoms with E-state index in [4.69, 9.17) is 16.3 Å². The number of carbonyl (C=O) groups excluding carboxylic acids is 1. The molecule has 0 aromatic heterocycles. The predicted molar refractivity (Wildman–Crippen MR) is 103 cm³/mol. The highest BCUT2D eigenvalue weighted by Crippen LogP contribution is 2.35. The summed E-state index contributed by atoms with van der Waals surface area (Å²) in [7, 11) is -1.91. The molecule has 0 atom stereocenters. The average Bonchev–Trinajstić information content (AvgIpc) is 2.61. The Hall–Kier alpha value is -2.25. The Balaban J connectivity index is 1.93. The molecule has 0 radical (unpaired) electrons. The van der Waals surface area contributed by atoms with Gasteiger partial charge < -0.3 is 10.1 Å². The standard InChI is InChI=1S/C18H19ClN2O4S/c1-25-17-9-8-13(20-18(22)14-6-2-3-7-15(14)19)12-16(17)21-10-4-5-11-26(21,23)24/h2-3,6-9,12H,4-5,10-11H2,1H3,(H,20,22). The lowest BCUT2D eigenvalue weighted by Crippen LogP contribution is -2.38. The van der Waals surface area contributed by atoms with Crippen LogP contribution >= 0.6 is 11.6 Å². The van der Waals surface area contributed by atoms with E-state index in [-0.39, 0.29) is 11.7 Å². The highest BCUT2D eigenvalue weighted by molar-refractivity contribution is 7.92. The van der Waals surface area contributed by atoms with Gasteiger partial charge in [-0.05, 0) is 43.2 Å². The van der Waals surface area contributed by atoms with E-state index in [9.17, 15) is 13.2 Å². The molecule has 1 aliphatic heterocycles. The number of hydrogen-bond donors (Lipinski definition) is 1. The zero-order valence-corrected chi connectivity index (χ0v) is 15.8. The highest BCUT2D eigenvalue weighted by Gasteiger charge is 2.28. The molecule has 1 aliphatic rings. The highest BCUT2D eigenvalue weighted by atomic mass is 35.5. The van der Waals surface area contributed by atoms with Crippen molar-refractivity contribution in [2.75, 3.05) is 29.0 Å². The van der Waals surface area contributed by atoms with E-state index >= 15 is 0 Å². The molecule has 1 saturated heterocycles. The minimum atomic E-state index is -3.39. The summed E-state index contributed by atoms with van der Waals surface area (Å²) in [6, 6.07) is 11.6. The summed E-state index contributed by atoms with van der Waals surface area (Å²) in [5, 5.41) is 3.10. The summed E-state index contributed by atoms with van der Waals surface area (Å²) in [6.45, 7) is 0.389. The Kier molecular flexibility index (Phi) is 5.38. The van der Waals surface area contributed by atoms with E-state index in [1.54, 1.807) is 42.5 Å². The van der Waals surface area contributed by atoms with Crippen LogP contribution in [0.1, 0.15) is 23.2 Å². The van der Waals surface area contributed by atoms with Crippen LogP contribution in [0, 0.1) is 0 Å². The molecular formula is C18H19ClN2O4S. The molecule has 2 aromatic carbocycles. The maximum absolute atomic E-state index is 12.4. The zero-order chi connectivity index (χ0) is 18.7. The summed E-state index contributed by atoms with van der Waals surface area (Å²) < 4.78 is 31.5. The van der Waals surface area contributed by atoms with Gasteiger partial charge in [0.15, 0.2) is 0 Å². The Labute approximate surface area is 157 Å². The lowest BCUT2D eigenvalue weighted by atomic mass is 10.2. The van der Waals surface area contributed by atoms with Gasteiger partial charge in [-0.15, -0.1) is 0 Å². The van der Waals surface area contributed by atoms with Crippen molar-refractivity contribution in [3.63, 3.8) is 0 Å². The predicted octanol–water partition coefficient (Wildman–Crippen LogP) is 3.53. The number of nitrogens with one attached hydrogen (secondary N) is 1. The molecule has 0 aliphatic carbocycles. The Morgan fingerprint density at radius 3 is 2.65 bits per heavy atom. The molecule has 1 amide bonds. The summed E-state index contributed by atoms with van der Waals surface area (Å²) in [5.74, 6) is 0.172. The molecule has 1 fully saturated rings. The number of anilines is 2. The SMILES string of the molecule is COc1ccc(NC(=O)c2ccccc2Cl)cc1N1CCCCS1(=O)=O. The average molecular weight is 395 g/mol. The summed E-state index contributed by atoms with van der Waals surface area (Å²) >= 11 is 6.06. The van der Waals surface area contributed by atoms with Crippen molar-refractivity contribution < 1.29 is 17.9 Å². The third-order valence-electron chi connectivity index (χ3n) is 4.17. The van der Waals surface area contributed by atoms with Gasteiger partial charge >= 0.3 is 0 Å². The molecule has 0 spiro atoms. The van der Waals surface area contributed by atoms with Crippen LogP contribution in [0.3, 0.4) is 0 Å². The number of rotatable bonds is 4. The summed E-state index contributed by atoms with van der Waals surface area (Å²) in [5.41, 5.74) is 1.23. The molecule has 0 saturated carbocycles.